The zero-order valence-corrected chi connectivity index (χ0v) is 21.6. The third kappa shape index (κ3) is 6.97. The number of aryl methyl sites for hydroxylation is 1. The number of tetrazole rings is 1. The van der Waals surface area contributed by atoms with Crippen LogP contribution in [-0.4, -0.2) is 61.7 Å². The molecule has 9 nitrogen and oxygen atoms in total. The lowest BCUT2D eigenvalue weighted by atomic mass is 10.0. The third-order valence-corrected chi connectivity index (χ3v) is 6.03. The Morgan fingerprint density at radius 2 is 1.86 bits per heavy atom. The molecule has 1 N–H and O–H groups in total. The first-order valence-corrected chi connectivity index (χ1v) is 12.4. The van der Waals surface area contributed by atoms with Crippen LogP contribution in [0.2, 0.25) is 0 Å². The van der Waals surface area contributed by atoms with E-state index >= 15 is 0 Å². The Morgan fingerprint density at radius 1 is 1.16 bits per heavy atom. The normalized spacial score (nSPS) is 16.4. The van der Waals surface area contributed by atoms with E-state index in [4.69, 9.17) is 4.74 Å². The zero-order chi connectivity index (χ0) is 26.6. The molecule has 1 aromatic heterocycles. The average molecular weight is 509 g/mol. The largest absolute Gasteiger partial charge is 0.376 e. The Balaban J connectivity index is 1.64. The van der Waals surface area contributed by atoms with Crippen LogP contribution < -0.4 is 5.32 Å². The fourth-order valence-electron chi connectivity index (χ4n) is 4.26. The van der Waals surface area contributed by atoms with Crippen molar-refractivity contribution in [2.75, 3.05) is 13.2 Å². The second kappa shape index (κ2) is 11.2. The molecule has 196 valence electrons. The summed E-state index contributed by atoms with van der Waals surface area (Å²) in [5.74, 6) is -0.760. The molecule has 10 heteroatoms. The Morgan fingerprint density at radius 3 is 2.49 bits per heavy atom. The minimum atomic E-state index is -0.989. The highest BCUT2D eigenvalue weighted by Gasteiger charge is 2.36. The van der Waals surface area contributed by atoms with Crippen molar-refractivity contribution < 1.29 is 18.7 Å². The van der Waals surface area contributed by atoms with Gasteiger partial charge in [0.2, 0.25) is 17.6 Å². The molecule has 2 amide bonds. The maximum atomic E-state index is 13.7. The number of carbonyl (C=O) groups is 2. The van der Waals surface area contributed by atoms with E-state index in [1.54, 1.807) is 0 Å². The van der Waals surface area contributed by atoms with Gasteiger partial charge in [-0.1, -0.05) is 42.0 Å². The lowest BCUT2D eigenvalue weighted by Crippen LogP contribution is -2.51. The molecule has 1 aliphatic heterocycles. The van der Waals surface area contributed by atoms with Crippen LogP contribution in [0.4, 0.5) is 4.39 Å². The molecule has 2 aromatic carbocycles. The van der Waals surface area contributed by atoms with Crippen LogP contribution >= 0.6 is 0 Å². The average Bonchev–Trinajstić information content (AvgIpc) is 3.51. The third-order valence-electron chi connectivity index (χ3n) is 6.03. The van der Waals surface area contributed by atoms with E-state index < -0.39 is 17.4 Å². The van der Waals surface area contributed by atoms with Crippen molar-refractivity contribution >= 4 is 11.8 Å². The van der Waals surface area contributed by atoms with Gasteiger partial charge in [-0.05, 0) is 63.4 Å². The molecular weight excluding hydrogens is 475 g/mol. The van der Waals surface area contributed by atoms with Gasteiger partial charge in [0.25, 0.3) is 0 Å². The van der Waals surface area contributed by atoms with Crippen molar-refractivity contribution in [2.24, 2.45) is 0 Å². The number of rotatable bonds is 8. The molecule has 2 heterocycles. The van der Waals surface area contributed by atoms with E-state index in [9.17, 15) is 14.0 Å². The quantitative estimate of drug-likeness (QED) is 0.500. The van der Waals surface area contributed by atoms with Crippen LogP contribution in [0.1, 0.15) is 50.8 Å². The predicted octanol–water partition coefficient (Wildman–Crippen LogP) is 3.45. The van der Waals surface area contributed by atoms with Gasteiger partial charge in [0.05, 0.1) is 6.10 Å². The molecule has 0 unspecified atom stereocenters. The first-order valence-electron chi connectivity index (χ1n) is 12.4. The van der Waals surface area contributed by atoms with E-state index in [-0.39, 0.29) is 31.0 Å². The second-order valence-electron chi connectivity index (χ2n) is 10.4. The van der Waals surface area contributed by atoms with Gasteiger partial charge >= 0.3 is 0 Å². The number of amides is 2. The number of nitrogens with zero attached hydrogens (tertiary/aromatic N) is 5. The molecule has 0 radical (unpaired) electrons. The van der Waals surface area contributed by atoms with Crippen molar-refractivity contribution in [3.8, 4) is 11.4 Å². The first-order chi connectivity index (χ1) is 17.6. The first kappa shape index (κ1) is 26.4. The number of nitrogens with one attached hydrogen (secondary N) is 1. The molecular formula is C27H33FN6O3. The van der Waals surface area contributed by atoms with Gasteiger partial charge < -0.3 is 15.0 Å². The van der Waals surface area contributed by atoms with Gasteiger partial charge in [-0.25, -0.2) is 4.39 Å². The van der Waals surface area contributed by atoms with Gasteiger partial charge in [-0.2, -0.15) is 4.80 Å². The fourth-order valence-corrected chi connectivity index (χ4v) is 4.26. The molecule has 1 fully saturated rings. The van der Waals surface area contributed by atoms with Crippen molar-refractivity contribution in [3.05, 3.63) is 65.5 Å². The minimum Gasteiger partial charge on any atom is -0.376 e. The number of hydrogen-bond acceptors (Lipinski definition) is 6. The summed E-state index contributed by atoms with van der Waals surface area (Å²) < 4.78 is 19.5. The lowest BCUT2D eigenvalue weighted by molar-refractivity contribution is -0.144. The molecule has 0 spiro atoms. The Bertz CT molecular complexity index is 1210. The van der Waals surface area contributed by atoms with E-state index in [0.717, 1.165) is 24.0 Å². The van der Waals surface area contributed by atoms with Crippen LogP contribution in [0.15, 0.2) is 48.5 Å². The number of ether oxygens (including phenoxy) is 1. The topological polar surface area (TPSA) is 102 Å². The van der Waals surface area contributed by atoms with Gasteiger partial charge in [-0.3, -0.25) is 9.59 Å². The molecule has 0 saturated carbocycles. The number of hydrogen-bond donors (Lipinski definition) is 1. The highest BCUT2D eigenvalue weighted by Crippen LogP contribution is 2.26. The molecule has 0 aliphatic carbocycles. The van der Waals surface area contributed by atoms with E-state index in [1.165, 1.54) is 34.0 Å². The smallest absolute Gasteiger partial charge is 0.247 e. The molecule has 1 saturated heterocycles. The van der Waals surface area contributed by atoms with Gasteiger partial charge in [0.15, 0.2) is 0 Å². The highest BCUT2D eigenvalue weighted by molar-refractivity contribution is 5.89. The van der Waals surface area contributed by atoms with Gasteiger partial charge in [-0.15, -0.1) is 10.2 Å². The summed E-state index contributed by atoms with van der Waals surface area (Å²) in [7, 11) is 0. The van der Waals surface area contributed by atoms with Crippen molar-refractivity contribution in [1.82, 2.24) is 30.4 Å². The van der Waals surface area contributed by atoms with Crippen LogP contribution in [-0.2, 0) is 20.9 Å². The van der Waals surface area contributed by atoms with Crippen LogP contribution in [0.5, 0.6) is 0 Å². The summed E-state index contributed by atoms with van der Waals surface area (Å²) in [6.45, 7) is 8.18. The molecule has 4 rings (SSSR count). The number of carbonyl (C=O) groups excluding carboxylic acids is 2. The lowest BCUT2D eigenvalue weighted by Gasteiger charge is -2.34. The summed E-state index contributed by atoms with van der Waals surface area (Å²) in [6.07, 6.45) is 1.45. The molecule has 1 aliphatic rings. The van der Waals surface area contributed by atoms with E-state index in [2.05, 4.69) is 20.7 Å². The number of benzene rings is 2. The molecule has 37 heavy (non-hydrogen) atoms. The fraction of sp³-hybridized carbons (Fsp3) is 0.444. The van der Waals surface area contributed by atoms with Gasteiger partial charge in [0, 0.05) is 24.3 Å². The van der Waals surface area contributed by atoms with Crippen LogP contribution in [0.25, 0.3) is 11.4 Å². The Labute approximate surface area is 216 Å². The minimum absolute atomic E-state index is 0.206. The number of halogens is 1. The SMILES string of the molecule is Cc1ccc(-c2nnn(CC(=O)N(C[C@@H]3CCCO3)[C@@H](C(=O)NC(C)(C)C)c3ccc(F)cc3)n2)cc1. The van der Waals surface area contributed by atoms with Crippen molar-refractivity contribution in [3.63, 3.8) is 0 Å². The number of aromatic nitrogens is 4. The monoisotopic (exact) mass is 508 g/mol. The van der Waals surface area contributed by atoms with E-state index in [1.807, 2.05) is 52.0 Å². The summed E-state index contributed by atoms with van der Waals surface area (Å²) in [4.78, 5) is 30.0. The van der Waals surface area contributed by atoms with Crippen LogP contribution in [0, 0.1) is 12.7 Å². The summed E-state index contributed by atoms with van der Waals surface area (Å²) in [5.41, 5.74) is 1.86. The van der Waals surface area contributed by atoms with E-state index in [0.29, 0.717) is 18.0 Å². The predicted molar refractivity (Wildman–Crippen MR) is 136 cm³/mol. The van der Waals surface area contributed by atoms with Gasteiger partial charge in [0.1, 0.15) is 18.4 Å². The maximum Gasteiger partial charge on any atom is 0.247 e. The molecule has 0 bridgehead atoms. The zero-order valence-electron chi connectivity index (χ0n) is 21.6. The summed E-state index contributed by atoms with van der Waals surface area (Å²) in [6, 6.07) is 12.3. The summed E-state index contributed by atoms with van der Waals surface area (Å²) >= 11 is 0. The van der Waals surface area contributed by atoms with Crippen molar-refractivity contribution in [1.29, 1.82) is 0 Å². The Kier molecular flexibility index (Phi) is 7.97. The molecule has 3 aromatic rings. The summed E-state index contributed by atoms with van der Waals surface area (Å²) in [5, 5.41) is 15.5. The van der Waals surface area contributed by atoms with Crippen LogP contribution in [0.3, 0.4) is 0 Å². The second-order valence-corrected chi connectivity index (χ2v) is 10.4. The van der Waals surface area contributed by atoms with Crippen molar-refractivity contribution in [2.45, 2.75) is 64.8 Å². The molecule has 2 atom stereocenters. The Hall–Kier alpha value is -3.66. The highest BCUT2D eigenvalue weighted by atomic mass is 19.1. The standard InChI is InChI=1S/C27H33FN6O3/c1-18-7-9-20(10-8-18)25-30-32-34(31-25)17-23(35)33(16-22-6-5-15-37-22)24(26(36)29-27(2,3)4)19-11-13-21(28)14-12-19/h7-14,22,24H,5-6,15-17H2,1-4H3,(H,29,36)/t22-,24+/m0/s1. The maximum absolute atomic E-state index is 13.7.